The SMILES string of the molecule is CC(C)Nc1cccc(C(=O)Nc2cccnc2)n1. The van der Waals surface area contributed by atoms with Gasteiger partial charge in [0, 0.05) is 12.2 Å². The van der Waals surface area contributed by atoms with E-state index in [0.717, 1.165) is 0 Å². The Morgan fingerprint density at radius 2 is 2.05 bits per heavy atom. The van der Waals surface area contributed by atoms with E-state index in [9.17, 15) is 4.79 Å². The van der Waals surface area contributed by atoms with Gasteiger partial charge in [-0.3, -0.25) is 9.78 Å². The fraction of sp³-hybridized carbons (Fsp3) is 0.214. The summed E-state index contributed by atoms with van der Waals surface area (Å²) in [7, 11) is 0. The van der Waals surface area contributed by atoms with Crippen LogP contribution in [0.5, 0.6) is 0 Å². The van der Waals surface area contributed by atoms with Crippen LogP contribution in [0.25, 0.3) is 0 Å². The molecular formula is C14H16N4O. The third kappa shape index (κ3) is 3.77. The van der Waals surface area contributed by atoms with Crippen molar-refractivity contribution < 1.29 is 4.79 Å². The summed E-state index contributed by atoms with van der Waals surface area (Å²) in [5.41, 5.74) is 1.02. The van der Waals surface area contributed by atoms with Gasteiger partial charge in [-0.25, -0.2) is 4.98 Å². The van der Waals surface area contributed by atoms with Crippen LogP contribution in [0.1, 0.15) is 24.3 Å². The van der Waals surface area contributed by atoms with Crippen molar-refractivity contribution in [2.24, 2.45) is 0 Å². The van der Waals surface area contributed by atoms with Crippen LogP contribution in [0.15, 0.2) is 42.7 Å². The van der Waals surface area contributed by atoms with Crippen molar-refractivity contribution in [2.75, 3.05) is 10.6 Å². The predicted molar refractivity (Wildman–Crippen MR) is 75.2 cm³/mol. The molecule has 2 heterocycles. The van der Waals surface area contributed by atoms with Gasteiger partial charge in [0.1, 0.15) is 11.5 Å². The van der Waals surface area contributed by atoms with Gasteiger partial charge in [-0.05, 0) is 38.1 Å². The van der Waals surface area contributed by atoms with Gasteiger partial charge >= 0.3 is 0 Å². The molecule has 19 heavy (non-hydrogen) atoms. The van der Waals surface area contributed by atoms with Crippen LogP contribution in [0.2, 0.25) is 0 Å². The predicted octanol–water partition coefficient (Wildman–Crippen LogP) is 2.55. The number of rotatable bonds is 4. The van der Waals surface area contributed by atoms with Gasteiger partial charge < -0.3 is 10.6 Å². The molecule has 0 atom stereocenters. The van der Waals surface area contributed by atoms with Crippen molar-refractivity contribution in [3.63, 3.8) is 0 Å². The maximum Gasteiger partial charge on any atom is 0.274 e. The molecule has 0 aliphatic carbocycles. The van der Waals surface area contributed by atoms with Crippen LogP contribution in [-0.2, 0) is 0 Å². The van der Waals surface area contributed by atoms with E-state index in [1.807, 2.05) is 19.9 Å². The first-order valence-electron chi connectivity index (χ1n) is 6.10. The summed E-state index contributed by atoms with van der Waals surface area (Å²) in [5.74, 6) is 0.439. The van der Waals surface area contributed by atoms with Crippen molar-refractivity contribution in [1.82, 2.24) is 9.97 Å². The molecule has 98 valence electrons. The van der Waals surface area contributed by atoms with Gasteiger partial charge in [-0.1, -0.05) is 6.07 Å². The van der Waals surface area contributed by atoms with E-state index in [0.29, 0.717) is 17.2 Å². The molecule has 0 saturated heterocycles. The minimum Gasteiger partial charge on any atom is -0.368 e. The zero-order valence-corrected chi connectivity index (χ0v) is 10.9. The number of anilines is 2. The van der Waals surface area contributed by atoms with Crippen LogP contribution in [0.4, 0.5) is 11.5 Å². The first-order valence-corrected chi connectivity index (χ1v) is 6.10. The molecule has 2 N–H and O–H groups in total. The number of hydrogen-bond acceptors (Lipinski definition) is 4. The highest BCUT2D eigenvalue weighted by Gasteiger charge is 2.08. The quantitative estimate of drug-likeness (QED) is 0.882. The Morgan fingerprint density at radius 1 is 1.21 bits per heavy atom. The van der Waals surface area contributed by atoms with E-state index >= 15 is 0 Å². The molecule has 0 unspecified atom stereocenters. The molecular weight excluding hydrogens is 240 g/mol. The average Bonchev–Trinajstić information content (AvgIpc) is 2.39. The van der Waals surface area contributed by atoms with Crippen molar-refractivity contribution in [3.05, 3.63) is 48.4 Å². The summed E-state index contributed by atoms with van der Waals surface area (Å²) in [6.07, 6.45) is 3.25. The number of amides is 1. The van der Waals surface area contributed by atoms with Crippen molar-refractivity contribution in [1.29, 1.82) is 0 Å². The van der Waals surface area contributed by atoms with Crippen LogP contribution in [-0.4, -0.2) is 21.9 Å². The summed E-state index contributed by atoms with van der Waals surface area (Å²) in [4.78, 5) is 20.2. The summed E-state index contributed by atoms with van der Waals surface area (Å²) in [6.45, 7) is 4.04. The number of carbonyl (C=O) groups excluding carboxylic acids is 1. The van der Waals surface area contributed by atoms with E-state index in [-0.39, 0.29) is 11.9 Å². The van der Waals surface area contributed by atoms with E-state index < -0.39 is 0 Å². The normalized spacial score (nSPS) is 10.3. The summed E-state index contributed by atoms with van der Waals surface area (Å²) in [6, 6.07) is 9.12. The fourth-order valence-corrected chi connectivity index (χ4v) is 1.57. The van der Waals surface area contributed by atoms with Gasteiger partial charge in [0.2, 0.25) is 0 Å². The molecule has 2 rings (SSSR count). The molecule has 0 fully saturated rings. The van der Waals surface area contributed by atoms with Gasteiger partial charge in [0.05, 0.1) is 11.9 Å². The Morgan fingerprint density at radius 3 is 2.74 bits per heavy atom. The van der Waals surface area contributed by atoms with Crippen LogP contribution in [0, 0.1) is 0 Å². The number of pyridine rings is 2. The summed E-state index contributed by atoms with van der Waals surface area (Å²) >= 11 is 0. The lowest BCUT2D eigenvalue weighted by Gasteiger charge is -2.10. The second kappa shape index (κ2) is 5.95. The van der Waals surface area contributed by atoms with Gasteiger partial charge in [0.15, 0.2) is 0 Å². The van der Waals surface area contributed by atoms with Crippen LogP contribution < -0.4 is 10.6 Å². The molecule has 5 heteroatoms. The van der Waals surface area contributed by atoms with E-state index in [1.54, 1.807) is 36.7 Å². The number of nitrogens with one attached hydrogen (secondary N) is 2. The Kier molecular flexibility index (Phi) is 4.07. The zero-order valence-electron chi connectivity index (χ0n) is 10.9. The second-order valence-electron chi connectivity index (χ2n) is 4.40. The molecule has 0 aromatic carbocycles. The summed E-state index contributed by atoms with van der Waals surface area (Å²) < 4.78 is 0. The van der Waals surface area contributed by atoms with E-state index in [4.69, 9.17) is 0 Å². The Bertz CT molecular complexity index is 554. The van der Waals surface area contributed by atoms with Gasteiger partial charge in [0.25, 0.3) is 5.91 Å². The third-order valence-corrected chi connectivity index (χ3v) is 2.34. The lowest BCUT2D eigenvalue weighted by Crippen LogP contribution is -2.16. The zero-order chi connectivity index (χ0) is 13.7. The maximum atomic E-state index is 12.0. The van der Waals surface area contributed by atoms with E-state index in [1.165, 1.54) is 0 Å². The molecule has 1 amide bonds. The molecule has 2 aromatic rings. The monoisotopic (exact) mass is 256 g/mol. The molecule has 0 aliphatic heterocycles. The Balaban J connectivity index is 2.11. The number of hydrogen-bond donors (Lipinski definition) is 2. The van der Waals surface area contributed by atoms with Gasteiger partial charge in [-0.2, -0.15) is 0 Å². The Hall–Kier alpha value is -2.43. The minimum atomic E-state index is -0.250. The standard InChI is InChI=1S/C14H16N4O/c1-10(2)16-13-7-3-6-12(18-13)14(19)17-11-5-4-8-15-9-11/h3-10H,1-2H3,(H,16,18)(H,17,19). The van der Waals surface area contributed by atoms with Crippen molar-refractivity contribution >= 4 is 17.4 Å². The second-order valence-corrected chi connectivity index (χ2v) is 4.40. The lowest BCUT2D eigenvalue weighted by atomic mass is 10.3. The topological polar surface area (TPSA) is 66.9 Å². The number of aromatic nitrogens is 2. The van der Waals surface area contributed by atoms with Crippen LogP contribution >= 0.6 is 0 Å². The minimum absolute atomic E-state index is 0.250. The summed E-state index contributed by atoms with van der Waals surface area (Å²) in [5, 5.41) is 5.91. The van der Waals surface area contributed by atoms with Crippen molar-refractivity contribution in [2.45, 2.75) is 19.9 Å². The maximum absolute atomic E-state index is 12.0. The largest absolute Gasteiger partial charge is 0.368 e. The molecule has 5 nitrogen and oxygen atoms in total. The lowest BCUT2D eigenvalue weighted by molar-refractivity contribution is 0.102. The third-order valence-electron chi connectivity index (χ3n) is 2.34. The highest BCUT2D eigenvalue weighted by molar-refractivity contribution is 6.02. The first kappa shape index (κ1) is 13.0. The molecule has 0 aliphatic rings. The number of carbonyl (C=O) groups is 1. The average molecular weight is 256 g/mol. The molecule has 0 saturated carbocycles. The molecule has 0 bridgehead atoms. The highest BCUT2D eigenvalue weighted by Crippen LogP contribution is 2.09. The Labute approximate surface area is 112 Å². The van der Waals surface area contributed by atoms with Gasteiger partial charge in [-0.15, -0.1) is 0 Å². The smallest absolute Gasteiger partial charge is 0.274 e. The molecule has 2 aromatic heterocycles. The van der Waals surface area contributed by atoms with Crippen LogP contribution in [0.3, 0.4) is 0 Å². The van der Waals surface area contributed by atoms with E-state index in [2.05, 4.69) is 20.6 Å². The molecule has 0 radical (unpaired) electrons. The highest BCUT2D eigenvalue weighted by atomic mass is 16.1. The molecule has 0 spiro atoms. The number of nitrogens with zero attached hydrogens (tertiary/aromatic N) is 2. The van der Waals surface area contributed by atoms with Crippen molar-refractivity contribution in [3.8, 4) is 0 Å². The fourth-order valence-electron chi connectivity index (χ4n) is 1.57. The first-order chi connectivity index (χ1) is 9.15.